The van der Waals surface area contributed by atoms with Crippen molar-refractivity contribution in [3.8, 4) is 5.82 Å². The Kier molecular flexibility index (Phi) is 5.96. The van der Waals surface area contributed by atoms with E-state index in [0.29, 0.717) is 39.1 Å². The summed E-state index contributed by atoms with van der Waals surface area (Å²) in [4.78, 5) is 32.7. The molecule has 0 radical (unpaired) electrons. The van der Waals surface area contributed by atoms with Crippen molar-refractivity contribution in [1.82, 2.24) is 19.3 Å². The van der Waals surface area contributed by atoms with E-state index in [2.05, 4.69) is 11.7 Å². The molecule has 0 unspecified atom stereocenters. The zero-order valence-corrected chi connectivity index (χ0v) is 20.3. The van der Waals surface area contributed by atoms with Crippen LogP contribution in [0, 0.1) is 34.6 Å². The highest BCUT2D eigenvalue weighted by atomic mass is 32.2. The largest absolute Gasteiger partial charge is 0.360 e. The van der Waals surface area contributed by atoms with Crippen LogP contribution >= 0.6 is 23.1 Å². The zero-order valence-electron chi connectivity index (χ0n) is 18.7. The maximum atomic E-state index is 13.1. The number of hydrogen-bond donors (Lipinski definition) is 0. The first-order valence-corrected chi connectivity index (χ1v) is 11.9. The average Bonchev–Trinajstić information content (AvgIpc) is 3.38. The number of hydrogen-bond acceptors (Lipinski definition) is 7. The molecule has 0 aromatic carbocycles. The SMILES string of the molecule is C=CCn1c(SCC(=O)c2cc(C)n(-c3cc(C)on3)c2C)nc2sc(C)c(C)c2c1=O. The second kappa shape index (κ2) is 8.55. The van der Waals surface area contributed by atoms with Crippen molar-refractivity contribution in [1.29, 1.82) is 0 Å². The molecule has 0 amide bonds. The molecule has 32 heavy (non-hydrogen) atoms. The highest BCUT2D eigenvalue weighted by molar-refractivity contribution is 7.99. The third-order valence-electron chi connectivity index (χ3n) is 5.47. The van der Waals surface area contributed by atoms with Crippen molar-refractivity contribution in [2.24, 2.45) is 0 Å². The minimum absolute atomic E-state index is 0.0346. The standard InChI is InChI=1S/C23H24N4O3S2/c1-7-8-26-22(29)20-14(4)16(6)32-21(20)24-23(26)31-11-18(28)17-9-12(2)27(15(17)5)19-10-13(3)30-25-19/h7,9-10H,1,8,11H2,2-6H3. The van der Waals surface area contributed by atoms with E-state index in [1.165, 1.54) is 23.1 Å². The number of thiophene rings is 1. The van der Waals surface area contributed by atoms with Crippen LogP contribution in [0.4, 0.5) is 0 Å². The number of carbonyl (C=O) groups excluding carboxylic acids is 1. The summed E-state index contributed by atoms with van der Waals surface area (Å²) in [5.41, 5.74) is 3.20. The van der Waals surface area contributed by atoms with E-state index in [-0.39, 0.29) is 17.1 Å². The molecule has 4 aromatic rings. The molecular formula is C23H24N4O3S2. The smallest absolute Gasteiger partial charge is 0.263 e. The molecule has 0 aliphatic heterocycles. The van der Waals surface area contributed by atoms with E-state index in [9.17, 15) is 9.59 Å². The van der Waals surface area contributed by atoms with Gasteiger partial charge in [0.25, 0.3) is 5.56 Å². The number of carbonyl (C=O) groups is 1. The van der Waals surface area contributed by atoms with E-state index in [4.69, 9.17) is 9.51 Å². The molecule has 0 bridgehead atoms. The highest BCUT2D eigenvalue weighted by Gasteiger charge is 2.21. The van der Waals surface area contributed by atoms with Gasteiger partial charge >= 0.3 is 0 Å². The predicted octanol–water partition coefficient (Wildman–Crippen LogP) is 4.94. The van der Waals surface area contributed by atoms with Crippen molar-refractivity contribution in [3.63, 3.8) is 0 Å². The molecular weight excluding hydrogens is 444 g/mol. The minimum atomic E-state index is -0.0914. The Labute approximate surface area is 193 Å². The number of allylic oxidation sites excluding steroid dienone is 1. The van der Waals surface area contributed by atoms with E-state index in [0.717, 1.165) is 21.8 Å². The summed E-state index contributed by atoms with van der Waals surface area (Å²) in [6, 6.07) is 3.70. The molecule has 0 N–H and O–H groups in total. The Bertz CT molecular complexity index is 1420. The lowest BCUT2D eigenvalue weighted by atomic mass is 10.2. The van der Waals surface area contributed by atoms with Crippen LogP contribution < -0.4 is 5.56 Å². The molecule has 4 rings (SSSR count). The average molecular weight is 469 g/mol. The molecule has 7 nitrogen and oxygen atoms in total. The highest BCUT2D eigenvalue weighted by Crippen LogP contribution is 2.29. The summed E-state index contributed by atoms with van der Waals surface area (Å²) in [7, 11) is 0. The van der Waals surface area contributed by atoms with Gasteiger partial charge in [-0.2, -0.15) is 0 Å². The van der Waals surface area contributed by atoms with Gasteiger partial charge in [-0.25, -0.2) is 4.98 Å². The van der Waals surface area contributed by atoms with E-state index < -0.39 is 0 Å². The molecule has 0 saturated heterocycles. The third kappa shape index (κ3) is 3.75. The molecule has 0 spiro atoms. The molecule has 4 heterocycles. The summed E-state index contributed by atoms with van der Waals surface area (Å²) < 4.78 is 8.69. The van der Waals surface area contributed by atoms with Crippen molar-refractivity contribution in [2.75, 3.05) is 5.75 Å². The maximum Gasteiger partial charge on any atom is 0.263 e. The first-order valence-electron chi connectivity index (χ1n) is 10.1. The van der Waals surface area contributed by atoms with Gasteiger partial charge in [0, 0.05) is 34.4 Å². The maximum absolute atomic E-state index is 13.1. The van der Waals surface area contributed by atoms with Crippen LogP contribution in [-0.2, 0) is 6.54 Å². The molecule has 0 fully saturated rings. The van der Waals surface area contributed by atoms with Crippen LogP contribution in [0.2, 0.25) is 0 Å². The Morgan fingerprint density at radius 2 is 2.00 bits per heavy atom. The van der Waals surface area contributed by atoms with Crippen molar-refractivity contribution < 1.29 is 9.32 Å². The number of ketones is 1. The van der Waals surface area contributed by atoms with Gasteiger partial charge in [0.2, 0.25) is 0 Å². The summed E-state index contributed by atoms with van der Waals surface area (Å²) >= 11 is 2.78. The zero-order chi connectivity index (χ0) is 23.2. The van der Waals surface area contributed by atoms with Crippen LogP contribution in [0.1, 0.15) is 37.9 Å². The van der Waals surface area contributed by atoms with Crippen molar-refractivity contribution in [2.45, 2.75) is 46.3 Å². The van der Waals surface area contributed by atoms with Gasteiger partial charge in [-0.15, -0.1) is 17.9 Å². The first kappa shape index (κ1) is 22.3. The van der Waals surface area contributed by atoms with Gasteiger partial charge in [0.15, 0.2) is 16.8 Å². The second-order valence-corrected chi connectivity index (χ2v) is 9.84. The molecule has 0 saturated carbocycles. The fourth-order valence-electron chi connectivity index (χ4n) is 3.77. The second-order valence-electron chi connectivity index (χ2n) is 7.69. The quantitative estimate of drug-likeness (QED) is 0.165. The number of aromatic nitrogens is 4. The lowest BCUT2D eigenvalue weighted by Crippen LogP contribution is -2.23. The van der Waals surface area contributed by atoms with Crippen molar-refractivity contribution in [3.05, 3.63) is 68.3 Å². The molecule has 166 valence electrons. The molecule has 9 heteroatoms. The van der Waals surface area contributed by atoms with Crippen LogP contribution in [0.15, 0.2) is 39.3 Å². The molecule has 0 aliphatic rings. The van der Waals surface area contributed by atoms with Gasteiger partial charge in [-0.3, -0.25) is 18.7 Å². The van der Waals surface area contributed by atoms with Crippen LogP contribution in [-0.4, -0.2) is 30.8 Å². The summed E-state index contributed by atoms with van der Waals surface area (Å²) in [6.07, 6.45) is 1.67. The lowest BCUT2D eigenvalue weighted by molar-refractivity contribution is 0.102. The van der Waals surface area contributed by atoms with E-state index in [1.54, 1.807) is 10.6 Å². The molecule has 0 atom stereocenters. The van der Waals surface area contributed by atoms with Gasteiger partial charge < -0.3 is 4.52 Å². The minimum Gasteiger partial charge on any atom is -0.360 e. The number of Topliss-reactive ketones (excluding diaryl/α,β-unsaturated/α-hetero) is 1. The topological polar surface area (TPSA) is 82.9 Å². The summed E-state index contributed by atoms with van der Waals surface area (Å²) in [5, 5.41) is 5.24. The van der Waals surface area contributed by atoms with Crippen LogP contribution in [0.5, 0.6) is 0 Å². The Morgan fingerprint density at radius 1 is 1.25 bits per heavy atom. The number of thioether (sulfide) groups is 1. The summed E-state index contributed by atoms with van der Waals surface area (Å²) in [5.74, 6) is 1.49. The van der Waals surface area contributed by atoms with Crippen LogP contribution in [0.25, 0.3) is 16.0 Å². The van der Waals surface area contributed by atoms with E-state index in [1.807, 2.05) is 51.3 Å². The van der Waals surface area contributed by atoms with Gasteiger partial charge in [0.1, 0.15) is 10.6 Å². The van der Waals surface area contributed by atoms with E-state index >= 15 is 0 Å². The number of aryl methyl sites for hydroxylation is 4. The van der Waals surface area contributed by atoms with Gasteiger partial charge in [-0.1, -0.05) is 23.0 Å². The van der Waals surface area contributed by atoms with Gasteiger partial charge in [-0.05, 0) is 46.2 Å². The molecule has 4 aromatic heterocycles. The first-order chi connectivity index (χ1) is 15.2. The predicted molar refractivity (Wildman–Crippen MR) is 129 cm³/mol. The van der Waals surface area contributed by atoms with Crippen molar-refractivity contribution >= 4 is 39.1 Å². The number of rotatable bonds is 7. The van der Waals surface area contributed by atoms with Crippen LogP contribution in [0.3, 0.4) is 0 Å². The fourth-order valence-corrected chi connectivity index (χ4v) is 5.74. The lowest BCUT2D eigenvalue weighted by Gasteiger charge is -2.10. The third-order valence-corrected chi connectivity index (χ3v) is 7.55. The monoisotopic (exact) mass is 468 g/mol. The Balaban J connectivity index is 1.66. The fraction of sp³-hybridized carbons (Fsp3) is 0.304. The number of fused-ring (bicyclic) bond motifs is 1. The Hall–Kier alpha value is -2.91. The number of nitrogens with zero attached hydrogens (tertiary/aromatic N) is 4. The molecule has 0 aliphatic carbocycles. The summed E-state index contributed by atoms with van der Waals surface area (Å²) in [6.45, 7) is 13.7. The Morgan fingerprint density at radius 3 is 2.66 bits per heavy atom. The van der Waals surface area contributed by atoms with Gasteiger partial charge in [0.05, 0.1) is 11.1 Å². The normalized spacial score (nSPS) is 11.4.